The molecular formula is C13H13N2O4-. The van der Waals surface area contributed by atoms with E-state index in [0.29, 0.717) is 11.4 Å². The lowest BCUT2D eigenvalue weighted by molar-refractivity contribution is -0.297. The number of amides is 2. The minimum absolute atomic E-state index is 0.0333. The zero-order valence-electron chi connectivity index (χ0n) is 10.5. The van der Waals surface area contributed by atoms with Crippen molar-refractivity contribution in [3.8, 4) is 0 Å². The third-order valence-electron chi connectivity index (χ3n) is 2.16. The lowest BCUT2D eigenvalue weighted by Gasteiger charge is -2.07. The first-order chi connectivity index (χ1) is 8.88. The highest BCUT2D eigenvalue weighted by atomic mass is 16.4. The maximum Gasteiger partial charge on any atom is 0.251 e. The van der Waals surface area contributed by atoms with Crippen molar-refractivity contribution in [2.45, 2.75) is 13.8 Å². The number of nitrogens with one attached hydrogen (secondary N) is 2. The second-order valence-corrected chi connectivity index (χ2v) is 3.86. The van der Waals surface area contributed by atoms with Gasteiger partial charge in [0, 0.05) is 23.9 Å². The molecule has 1 aromatic carbocycles. The fraction of sp³-hybridized carbons (Fsp3) is 0.154. The van der Waals surface area contributed by atoms with E-state index in [2.05, 4.69) is 10.6 Å². The molecule has 0 radical (unpaired) electrons. The average Bonchev–Trinajstić information content (AvgIpc) is 2.30. The minimum atomic E-state index is -1.42. The summed E-state index contributed by atoms with van der Waals surface area (Å²) in [6.45, 7) is 2.76. The van der Waals surface area contributed by atoms with Gasteiger partial charge in [-0.25, -0.2) is 0 Å². The number of anilines is 2. The molecule has 0 aliphatic rings. The highest BCUT2D eigenvalue weighted by molar-refractivity contribution is 6.06. The van der Waals surface area contributed by atoms with Gasteiger partial charge in [-0.15, -0.1) is 0 Å². The highest BCUT2D eigenvalue weighted by Crippen LogP contribution is 2.14. The van der Waals surface area contributed by atoms with Crippen molar-refractivity contribution in [3.63, 3.8) is 0 Å². The largest absolute Gasteiger partial charge is 0.545 e. The first-order valence-electron chi connectivity index (χ1n) is 5.47. The summed E-state index contributed by atoms with van der Waals surface area (Å²) in [6.07, 6.45) is 0.723. The van der Waals surface area contributed by atoms with Crippen LogP contribution in [0.5, 0.6) is 0 Å². The molecule has 0 spiro atoms. The third-order valence-corrected chi connectivity index (χ3v) is 2.16. The van der Waals surface area contributed by atoms with Gasteiger partial charge in [0.1, 0.15) is 0 Å². The molecule has 0 saturated carbocycles. The summed E-state index contributed by atoms with van der Waals surface area (Å²) in [5.74, 6) is -2.14. The van der Waals surface area contributed by atoms with Crippen LogP contribution >= 0.6 is 0 Å². The van der Waals surface area contributed by atoms with Crippen molar-refractivity contribution in [2.24, 2.45) is 0 Å². The predicted octanol–water partition coefficient (Wildman–Crippen LogP) is 0.280. The van der Waals surface area contributed by atoms with E-state index in [0.717, 1.165) is 6.08 Å². The van der Waals surface area contributed by atoms with Crippen molar-refractivity contribution >= 4 is 29.2 Å². The number of rotatable bonds is 4. The number of carbonyl (C=O) groups is 3. The second kappa shape index (κ2) is 6.34. The Hall–Kier alpha value is -2.63. The monoisotopic (exact) mass is 261 g/mol. The van der Waals surface area contributed by atoms with Gasteiger partial charge in [-0.3, -0.25) is 9.59 Å². The van der Waals surface area contributed by atoms with Crippen LogP contribution in [0.25, 0.3) is 0 Å². The highest BCUT2D eigenvalue weighted by Gasteiger charge is 2.04. The topological polar surface area (TPSA) is 98.3 Å². The van der Waals surface area contributed by atoms with Crippen LogP contribution in [0, 0.1) is 0 Å². The molecule has 0 bridgehead atoms. The number of hydrogen-bond donors (Lipinski definition) is 2. The SMILES string of the molecule is CC(=O)Nc1ccc(NC(=O)/C(C)=C\C(=O)[O-])cc1. The quantitative estimate of drug-likeness (QED) is 0.760. The van der Waals surface area contributed by atoms with Crippen LogP contribution in [-0.2, 0) is 14.4 Å². The molecule has 0 atom stereocenters. The van der Waals surface area contributed by atoms with E-state index in [9.17, 15) is 19.5 Å². The van der Waals surface area contributed by atoms with Crippen LogP contribution in [0.1, 0.15) is 13.8 Å². The van der Waals surface area contributed by atoms with Crippen molar-refractivity contribution < 1.29 is 19.5 Å². The second-order valence-electron chi connectivity index (χ2n) is 3.86. The first-order valence-corrected chi connectivity index (χ1v) is 5.47. The van der Waals surface area contributed by atoms with Crippen LogP contribution < -0.4 is 15.7 Å². The fourth-order valence-corrected chi connectivity index (χ4v) is 1.31. The molecule has 1 aromatic rings. The number of carboxylic acids is 1. The molecule has 0 unspecified atom stereocenters. The molecule has 0 saturated heterocycles. The van der Waals surface area contributed by atoms with Gasteiger partial charge in [-0.05, 0) is 37.3 Å². The van der Waals surface area contributed by atoms with E-state index in [1.165, 1.54) is 13.8 Å². The number of benzene rings is 1. The summed E-state index contributed by atoms with van der Waals surface area (Å²) in [7, 11) is 0. The van der Waals surface area contributed by atoms with Crippen molar-refractivity contribution in [1.82, 2.24) is 0 Å². The number of carbonyl (C=O) groups excluding carboxylic acids is 3. The number of aliphatic carboxylic acids is 1. The molecule has 0 aromatic heterocycles. The van der Waals surface area contributed by atoms with Gasteiger partial charge in [0.05, 0.1) is 5.97 Å². The first kappa shape index (κ1) is 14.4. The van der Waals surface area contributed by atoms with Gasteiger partial charge in [0.15, 0.2) is 0 Å². The summed E-state index contributed by atoms with van der Waals surface area (Å²) in [4.78, 5) is 32.7. The third kappa shape index (κ3) is 5.03. The Labute approximate surface area is 110 Å². The van der Waals surface area contributed by atoms with E-state index in [4.69, 9.17) is 0 Å². The predicted molar refractivity (Wildman–Crippen MR) is 68.1 cm³/mol. The van der Waals surface area contributed by atoms with Crippen LogP contribution in [0.3, 0.4) is 0 Å². The van der Waals surface area contributed by atoms with Gasteiger partial charge in [-0.2, -0.15) is 0 Å². The molecule has 0 heterocycles. The molecule has 1 rings (SSSR count). The molecule has 100 valence electrons. The lowest BCUT2D eigenvalue weighted by Crippen LogP contribution is -2.22. The van der Waals surface area contributed by atoms with E-state index in [1.807, 2.05) is 0 Å². The normalized spacial score (nSPS) is 10.7. The fourth-order valence-electron chi connectivity index (χ4n) is 1.31. The zero-order chi connectivity index (χ0) is 14.4. The van der Waals surface area contributed by atoms with E-state index in [-0.39, 0.29) is 11.5 Å². The van der Waals surface area contributed by atoms with Gasteiger partial charge in [0.25, 0.3) is 5.91 Å². The van der Waals surface area contributed by atoms with Crippen molar-refractivity contribution in [1.29, 1.82) is 0 Å². The van der Waals surface area contributed by atoms with Gasteiger partial charge >= 0.3 is 0 Å². The minimum Gasteiger partial charge on any atom is -0.545 e. The smallest absolute Gasteiger partial charge is 0.251 e. The Bertz CT molecular complexity index is 532. The Balaban J connectivity index is 2.70. The summed E-state index contributed by atoms with van der Waals surface area (Å²) in [5, 5.41) is 15.4. The molecule has 0 fully saturated rings. The lowest BCUT2D eigenvalue weighted by atomic mass is 10.2. The van der Waals surface area contributed by atoms with E-state index < -0.39 is 11.9 Å². The van der Waals surface area contributed by atoms with Gasteiger partial charge in [-0.1, -0.05) is 0 Å². The van der Waals surface area contributed by atoms with Crippen LogP contribution in [0.15, 0.2) is 35.9 Å². The standard InChI is InChI=1S/C13H14N2O4/c1-8(7-12(17)18)13(19)15-11-5-3-10(4-6-11)14-9(2)16/h3-7H,1-2H3,(H,14,16)(H,15,19)(H,17,18)/p-1/b8-7-. The Kier molecular flexibility index (Phi) is 4.82. The summed E-state index contributed by atoms with van der Waals surface area (Å²) < 4.78 is 0. The Morgan fingerprint density at radius 2 is 1.47 bits per heavy atom. The summed E-state index contributed by atoms with van der Waals surface area (Å²) in [6, 6.07) is 6.43. The van der Waals surface area contributed by atoms with E-state index >= 15 is 0 Å². The Morgan fingerprint density at radius 1 is 1.00 bits per heavy atom. The van der Waals surface area contributed by atoms with Crippen LogP contribution in [0.4, 0.5) is 11.4 Å². The zero-order valence-corrected chi connectivity index (χ0v) is 10.5. The summed E-state index contributed by atoms with van der Waals surface area (Å²) >= 11 is 0. The Morgan fingerprint density at radius 3 is 1.89 bits per heavy atom. The van der Waals surface area contributed by atoms with Crippen molar-refractivity contribution in [2.75, 3.05) is 10.6 Å². The number of carboxylic acid groups (broad SMARTS) is 1. The van der Waals surface area contributed by atoms with Crippen LogP contribution in [0.2, 0.25) is 0 Å². The van der Waals surface area contributed by atoms with Crippen LogP contribution in [-0.4, -0.2) is 17.8 Å². The summed E-state index contributed by atoms with van der Waals surface area (Å²) in [5.41, 5.74) is 1.13. The molecule has 6 heteroatoms. The van der Waals surface area contributed by atoms with E-state index in [1.54, 1.807) is 24.3 Å². The molecule has 0 aliphatic heterocycles. The molecule has 0 aliphatic carbocycles. The molecular weight excluding hydrogens is 248 g/mol. The molecule has 19 heavy (non-hydrogen) atoms. The number of hydrogen-bond acceptors (Lipinski definition) is 4. The molecule has 2 N–H and O–H groups in total. The van der Waals surface area contributed by atoms with Gasteiger partial charge in [0.2, 0.25) is 5.91 Å². The maximum absolute atomic E-state index is 11.6. The molecule has 2 amide bonds. The average molecular weight is 261 g/mol. The molecule has 6 nitrogen and oxygen atoms in total. The van der Waals surface area contributed by atoms with Gasteiger partial charge < -0.3 is 20.5 Å². The van der Waals surface area contributed by atoms with Crippen molar-refractivity contribution in [3.05, 3.63) is 35.9 Å². The maximum atomic E-state index is 11.6.